The van der Waals surface area contributed by atoms with Crippen molar-refractivity contribution in [2.75, 3.05) is 13.1 Å². The molecule has 1 nitrogen and oxygen atoms in total. The van der Waals surface area contributed by atoms with Crippen LogP contribution < -0.4 is 0 Å². The zero-order valence-electron chi connectivity index (χ0n) is 8.35. The molecule has 0 atom stereocenters. The van der Waals surface area contributed by atoms with E-state index in [0.717, 1.165) is 6.04 Å². The Bertz CT molecular complexity index is 117. The second kappa shape index (κ2) is 4.27. The molecule has 1 fully saturated rings. The van der Waals surface area contributed by atoms with Crippen LogP contribution in [0.5, 0.6) is 0 Å². The molecule has 0 N–H and O–H groups in total. The number of piperidine rings is 1. The molecule has 74 valence electrons. The molecule has 1 aliphatic rings. The van der Waals surface area contributed by atoms with Crippen molar-refractivity contribution in [2.24, 2.45) is 5.41 Å². The second-order valence-electron chi connectivity index (χ2n) is 4.79. The zero-order valence-corrected chi connectivity index (χ0v) is 8.35. The summed E-state index contributed by atoms with van der Waals surface area (Å²) in [6, 6.07) is 0.742. The molecule has 0 radical (unpaired) electrons. The van der Waals surface area contributed by atoms with Gasteiger partial charge in [0.15, 0.2) is 0 Å². The van der Waals surface area contributed by atoms with E-state index < -0.39 is 0 Å². The lowest BCUT2D eigenvalue weighted by Crippen LogP contribution is -2.41. The molecular weight excluding hydrogens is 146 g/mol. The van der Waals surface area contributed by atoms with E-state index in [4.69, 9.17) is 0 Å². The van der Waals surface area contributed by atoms with Crippen LogP contribution >= 0.6 is 0 Å². The van der Waals surface area contributed by atoms with Gasteiger partial charge in [0.25, 0.3) is 0 Å². The first kappa shape index (κ1) is 12.0. The quantitative estimate of drug-likeness (QED) is 0.586. The fraction of sp³-hybridized carbons (Fsp3) is 1.00. The summed E-state index contributed by atoms with van der Waals surface area (Å²) in [5.41, 5.74) is 0.603. The van der Waals surface area contributed by atoms with E-state index in [2.05, 4.69) is 32.6 Å². The first-order valence-electron chi connectivity index (χ1n) is 4.75. The van der Waals surface area contributed by atoms with Gasteiger partial charge < -0.3 is 4.90 Å². The molecule has 1 aliphatic heterocycles. The summed E-state index contributed by atoms with van der Waals surface area (Å²) in [6.45, 7) is 11.9. The number of rotatable bonds is 1. The van der Waals surface area contributed by atoms with Gasteiger partial charge in [0.05, 0.1) is 0 Å². The predicted octanol–water partition coefficient (Wildman–Crippen LogP) is 3.15. The third kappa shape index (κ3) is 3.14. The smallest absolute Gasteiger partial charge is 0.00385 e. The average molecular weight is 171 g/mol. The Kier molecular flexibility index (Phi) is 4.25. The lowest BCUT2D eigenvalue weighted by molar-refractivity contribution is 0.107. The molecule has 12 heavy (non-hydrogen) atoms. The van der Waals surface area contributed by atoms with E-state index in [9.17, 15) is 0 Å². The maximum absolute atomic E-state index is 2.57. The lowest BCUT2D eigenvalue weighted by atomic mass is 9.82. The largest absolute Gasteiger partial charge is 0.301 e. The topological polar surface area (TPSA) is 3.24 Å². The van der Waals surface area contributed by atoms with Gasteiger partial charge in [-0.25, -0.2) is 0 Å². The molecule has 0 aliphatic carbocycles. The number of likely N-dealkylation sites (tertiary alicyclic amines) is 1. The van der Waals surface area contributed by atoms with Gasteiger partial charge in [-0.3, -0.25) is 0 Å². The van der Waals surface area contributed by atoms with E-state index in [0.29, 0.717) is 5.41 Å². The monoisotopic (exact) mass is 171 g/mol. The Morgan fingerprint density at radius 3 is 1.83 bits per heavy atom. The zero-order chi connectivity index (χ0) is 8.48. The highest BCUT2D eigenvalue weighted by molar-refractivity contribution is 4.79. The molecular formula is C11H25N. The summed E-state index contributed by atoms with van der Waals surface area (Å²) >= 11 is 0. The van der Waals surface area contributed by atoms with Gasteiger partial charge >= 0.3 is 0 Å². The van der Waals surface area contributed by atoms with Crippen molar-refractivity contribution >= 4 is 0 Å². The molecule has 0 spiro atoms. The van der Waals surface area contributed by atoms with Crippen LogP contribution in [-0.2, 0) is 0 Å². The average Bonchev–Trinajstić information content (AvgIpc) is 1.86. The molecule has 1 heteroatoms. The number of nitrogens with zero attached hydrogens (tertiary/aromatic N) is 1. The molecule has 0 aromatic carbocycles. The molecule has 0 aromatic heterocycles. The number of hydrogen-bond acceptors (Lipinski definition) is 1. The van der Waals surface area contributed by atoms with Crippen LogP contribution in [0.15, 0.2) is 0 Å². The summed E-state index contributed by atoms with van der Waals surface area (Å²) < 4.78 is 0. The van der Waals surface area contributed by atoms with Gasteiger partial charge in [0.1, 0.15) is 0 Å². The molecule has 0 amide bonds. The van der Waals surface area contributed by atoms with Crippen molar-refractivity contribution in [3.63, 3.8) is 0 Å². The molecule has 1 heterocycles. The van der Waals surface area contributed by atoms with Gasteiger partial charge in [-0.1, -0.05) is 21.3 Å². The van der Waals surface area contributed by atoms with Crippen LogP contribution in [0.3, 0.4) is 0 Å². The van der Waals surface area contributed by atoms with Crippen molar-refractivity contribution in [3.8, 4) is 0 Å². The highest BCUT2D eigenvalue weighted by Crippen LogP contribution is 2.30. The van der Waals surface area contributed by atoms with Crippen molar-refractivity contribution < 1.29 is 0 Å². The molecule has 0 bridgehead atoms. The van der Waals surface area contributed by atoms with Crippen molar-refractivity contribution in [1.29, 1.82) is 0 Å². The number of hydrogen-bond donors (Lipinski definition) is 0. The Morgan fingerprint density at radius 1 is 1.08 bits per heavy atom. The Hall–Kier alpha value is -0.0400. The fourth-order valence-electron chi connectivity index (χ4n) is 1.65. The van der Waals surface area contributed by atoms with Gasteiger partial charge in [-0.15, -0.1) is 0 Å². The van der Waals surface area contributed by atoms with Crippen LogP contribution in [0.2, 0.25) is 0 Å². The van der Waals surface area contributed by atoms with Crippen molar-refractivity contribution in [2.45, 2.75) is 54.0 Å². The molecule has 0 unspecified atom stereocenters. The highest BCUT2D eigenvalue weighted by Gasteiger charge is 2.25. The lowest BCUT2D eigenvalue weighted by Gasteiger charge is -2.38. The van der Waals surface area contributed by atoms with E-state index in [1.807, 2.05) is 0 Å². The summed E-state index contributed by atoms with van der Waals surface area (Å²) in [5, 5.41) is 0. The standard InChI is InChI=1S/C10H21N.CH4/c1-9(2)11-7-5-10(3,4)6-8-11;/h9H,5-8H2,1-4H3;1H4. The first-order chi connectivity index (χ1) is 5.01. The third-order valence-corrected chi connectivity index (χ3v) is 2.88. The summed E-state index contributed by atoms with van der Waals surface area (Å²) in [6.07, 6.45) is 2.73. The minimum Gasteiger partial charge on any atom is -0.301 e. The molecule has 0 aromatic rings. The Morgan fingerprint density at radius 2 is 1.50 bits per heavy atom. The Labute approximate surface area is 78.1 Å². The maximum atomic E-state index is 2.57. The highest BCUT2D eigenvalue weighted by atomic mass is 15.1. The SMILES string of the molecule is C.CC(C)N1CCC(C)(C)CC1. The van der Waals surface area contributed by atoms with Crippen LogP contribution in [0.4, 0.5) is 0 Å². The van der Waals surface area contributed by atoms with Crippen LogP contribution in [0, 0.1) is 5.41 Å². The predicted molar refractivity (Wildman–Crippen MR) is 56.5 cm³/mol. The van der Waals surface area contributed by atoms with Gasteiger partial charge in [0.2, 0.25) is 0 Å². The first-order valence-corrected chi connectivity index (χ1v) is 4.75. The Balaban J connectivity index is 0.00000121. The summed E-state index contributed by atoms with van der Waals surface area (Å²) in [4.78, 5) is 2.57. The van der Waals surface area contributed by atoms with E-state index in [1.165, 1.54) is 25.9 Å². The van der Waals surface area contributed by atoms with Crippen LogP contribution in [-0.4, -0.2) is 24.0 Å². The molecule has 0 saturated carbocycles. The normalized spacial score (nSPS) is 23.8. The van der Waals surface area contributed by atoms with Gasteiger partial charge in [0, 0.05) is 6.04 Å². The van der Waals surface area contributed by atoms with Gasteiger partial charge in [-0.05, 0) is 45.2 Å². The van der Waals surface area contributed by atoms with Gasteiger partial charge in [-0.2, -0.15) is 0 Å². The fourth-order valence-corrected chi connectivity index (χ4v) is 1.65. The maximum Gasteiger partial charge on any atom is 0.00385 e. The minimum absolute atomic E-state index is 0. The molecule has 1 saturated heterocycles. The molecule has 1 rings (SSSR count). The second-order valence-corrected chi connectivity index (χ2v) is 4.79. The van der Waals surface area contributed by atoms with Crippen molar-refractivity contribution in [3.05, 3.63) is 0 Å². The van der Waals surface area contributed by atoms with E-state index >= 15 is 0 Å². The summed E-state index contributed by atoms with van der Waals surface area (Å²) in [7, 11) is 0. The minimum atomic E-state index is 0. The van der Waals surface area contributed by atoms with Crippen LogP contribution in [0.1, 0.15) is 48.0 Å². The van der Waals surface area contributed by atoms with Crippen molar-refractivity contribution in [1.82, 2.24) is 4.90 Å². The van der Waals surface area contributed by atoms with Crippen LogP contribution in [0.25, 0.3) is 0 Å². The summed E-state index contributed by atoms with van der Waals surface area (Å²) in [5.74, 6) is 0. The third-order valence-electron chi connectivity index (χ3n) is 2.88. The van der Waals surface area contributed by atoms with E-state index in [1.54, 1.807) is 0 Å². The van der Waals surface area contributed by atoms with E-state index in [-0.39, 0.29) is 7.43 Å².